The summed E-state index contributed by atoms with van der Waals surface area (Å²) in [4.78, 5) is 10.4. The van der Waals surface area contributed by atoms with Crippen LogP contribution in [0.1, 0.15) is 26.7 Å². The number of nitrogens with one attached hydrogen (secondary N) is 1. The molecule has 0 saturated heterocycles. The van der Waals surface area contributed by atoms with Crippen LogP contribution in [-0.4, -0.2) is 24.9 Å². The zero-order valence-corrected chi connectivity index (χ0v) is 8.15. The Bertz CT molecular complexity index is 176. The van der Waals surface area contributed by atoms with E-state index >= 15 is 0 Å². The lowest BCUT2D eigenvalue weighted by atomic mass is 10.3. The highest BCUT2D eigenvalue weighted by Crippen LogP contribution is 2.17. The number of rotatable bonds is 5. The van der Waals surface area contributed by atoms with Gasteiger partial charge in [0.1, 0.15) is 0 Å². The van der Waals surface area contributed by atoms with Gasteiger partial charge in [-0.1, -0.05) is 20.3 Å². The maximum absolute atomic E-state index is 11.8. The molecule has 1 atom stereocenters. The number of hydrogen-bond donors (Lipinski definition) is 1. The Morgan fingerprint density at radius 3 is 2.36 bits per heavy atom. The second kappa shape index (κ2) is 5.85. The lowest BCUT2D eigenvalue weighted by Crippen LogP contribution is -2.38. The molecule has 0 heterocycles. The molecule has 0 saturated carbocycles. The summed E-state index contributed by atoms with van der Waals surface area (Å²) in [6.45, 7) is 3.98. The average molecular weight is 213 g/mol. The molecule has 0 radical (unpaired) electrons. The molecule has 1 N–H and O–H groups in total. The van der Waals surface area contributed by atoms with E-state index in [0.29, 0.717) is 19.4 Å². The molecule has 3 nitrogen and oxygen atoms in total. The van der Waals surface area contributed by atoms with Gasteiger partial charge in [0.25, 0.3) is 0 Å². The van der Waals surface area contributed by atoms with Crippen LogP contribution in [-0.2, 0) is 9.53 Å². The molecule has 0 aromatic carbocycles. The van der Waals surface area contributed by atoms with E-state index in [2.05, 4.69) is 10.1 Å². The van der Waals surface area contributed by atoms with Gasteiger partial charge in [-0.2, -0.15) is 13.2 Å². The van der Waals surface area contributed by atoms with Gasteiger partial charge in [0, 0.05) is 0 Å². The van der Waals surface area contributed by atoms with Gasteiger partial charge < -0.3 is 4.74 Å². The number of carbonyl (C=O) groups is 1. The average Bonchev–Trinajstić information content (AvgIpc) is 2.03. The molecule has 0 fully saturated rings. The quantitative estimate of drug-likeness (QED) is 0.559. The monoisotopic (exact) mass is 213 g/mol. The van der Waals surface area contributed by atoms with Crippen molar-refractivity contribution in [1.29, 1.82) is 0 Å². The van der Waals surface area contributed by atoms with E-state index in [4.69, 9.17) is 0 Å². The van der Waals surface area contributed by atoms with Crippen molar-refractivity contribution < 1.29 is 22.7 Å². The molecule has 1 unspecified atom stereocenters. The number of alkyl halides is 3. The number of hydrogen-bond acceptors (Lipinski definition) is 3. The highest BCUT2D eigenvalue weighted by Gasteiger charge is 2.42. The van der Waals surface area contributed by atoms with E-state index in [1.807, 2.05) is 0 Å². The van der Waals surface area contributed by atoms with E-state index in [9.17, 15) is 18.0 Å². The van der Waals surface area contributed by atoms with E-state index in [-0.39, 0.29) is 0 Å². The van der Waals surface area contributed by atoms with E-state index in [0.717, 1.165) is 0 Å². The minimum Gasteiger partial charge on any atom is -0.440 e. The first-order chi connectivity index (χ1) is 6.41. The molecule has 0 bridgehead atoms. The van der Waals surface area contributed by atoms with Gasteiger partial charge >= 0.3 is 12.1 Å². The summed E-state index contributed by atoms with van der Waals surface area (Å²) in [5.74, 6) is -2.14. The summed E-state index contributed by atoms with van der Waals surface area (Å²) in [5, 5.41) is 2.64. The van der Waals surface area contributed by atoms with Crippen LogP contribution in [0.15, 0.2) is 0 Å². The molecule has 6 heteroatoms. The van der Waals surface area contributed by atoms with E-state index in [1.165, 1.54) is 0 Å². The van der Waals surface area contributed by atoms with Crippen molar-refractivity contribution in [3.8, 4) is 0 Å². The second-order valence-corrected chi connectivity index (χ2v) is 2.74. The predicted octanol–water partition coefficient (Wildman–Crippen LogP) is 1.83. The predicted molar refractivity (Wildman–Crippen MR) is 44.5 cm³/mol. The minimum atomic E-state index is -4.92. The van der Waals surface area contributed by atoms with Crippen LogP contribution >= 0.6 is 0 Å². The Kier molecular flexibility index (Phi) is 5.52. The molecule has 0 amide bonds. The fraction of sp³-hybridized carbons (Fsp3) is 0.875. The van der Waals surface area contributed by atoms with Crippen LogP contribution in [0, 0.1) is 0 Å². The van der Waals surface area contributed by atoms with Crippen molar-refractivity contribution in [2.45, 2.75) is 39.1 Å². The van der Waals surface area contributed by atoms with Crippen LogP contribution in [0.2, 0.25) is 0 Å². The summed E-state index contributed by atoms with van der Waals surface area (Å²) < 4.78 is 39.6. The third-order valence-corrected chi connectivity index (χ3v) is 1.46. The van der Waals surface area contributed by atoms with Crippen LogP contribution in [0.5, 0.6) is 0 Å². The SMILES string of the molecule is CCCC(NCC)OC(=O)C(F)(F)F. The smallest absolute Gasteiger partial charge is 0.440 e. The molecule has 0 aliphatic rings. The summed E-state index contributed by atoms with van der Waals surface area (Å²) in [7, 11) is 0. The number of ether oxygens (including phenoxy) is 1. The first-order valence-electron chi connectivity index (χ1n) is 4.43. The Labute approximate surface area is 80.6 Å². The van der Waals surface area contributed by atoms with Crippen LogP contribution in [0.4, 0.5) is 13.2 Å². The third kappa shape index (κ3) is 5.06. The Hall–Kier alpha value is -0.780. The Morgan fingerprint density at radius 2 is 2.00 bits per heavy atom. The highest BCUT2D eigenvalue weighted by atomic mass is 19.4. The zero-order chi connectivity index (χ0) is 11.2. The molecule has 0 aliphatic heterocycles. The van der Waals surface area contributed by atoms with Gasteiger partial charge in [0.05, 0.1) is 0 Å². The molecule has 0 aliphatic carbocycles. The van der Waals surface area contributed by atoms with E-state index in [1.54, 1.807) is 13.8 Å². The molecule has 0 aromatic rings. The van der Waals surface area contributed by atoms with Crippen molar-refractivity contribution >= 4 is 5.97 Å². The zero-order valence-electron chi connectivity index (χ0n) is 8.15. The van der Waals surface area contributed by atoms with Crippen molar-refractivity contribution in [2.24, 2.45) is 0 Å². The Morgan fingerprint density at radius 1 is 1.43 bits per heavy atom. The number of halogens is 3. The summed E-state index contributed by atoms with van der Waals surface area (Å²) >= 11 is 0. The maximum Gasteiger partial charge on any atom is 0.490 e. The lowest BCUT2D eigenvalue weighted by Gasteiger charge is -2.18. The second-order valence-electron chi connectivity index (χ2n) is 2.74. The molecule has 0 aromatic heterocycles. The molecule has 84 valence electrons. The van der Waals surface area contributed by atoms with E-state index < -0.39 is 18.4 Å². The molecule has 14 heavy (non-hydrogen) atoms. The first kappa shape index (κ1) is 13.2. The highest BCUT2D eigenvalue weighted by molar-refractivity contribution is 5.75. The summed E-state index contributed by atoms with van der Waals surface area (Å²) in [5.41, 5.74) is 0. The summed E-state index contributed by atoms with van der Waals surface area (Å²) in [6.07, 6.45) is -4.75. The molecular weight excluding hydrogens is 199 g/mol. The van der Waals surface area contributed by atoms with Crippen molar-refractivity contribution in [3.05, 3.63) is 0 Å². The lowest BCUT2D eigenvalue weighted by molar-refractivity contribution is -0.206. The largest absolute Gasteiger partial charge is 0.490 e. The topological polar surface area (TPSA) is 38.3 Å². The number of carbonyl (C=O) groups excluding carboxylic acids is 1. The van der Waals surface area contributed by atoms with Gasteiger partial charge in [0.2, 0.25) is 0 Å². The van der Waals surface area contributed by atoms with Gasteiger partial charge in [-0.3, -0.25) is 5.32 Å². The summed E-state index contributed by atoms with van der Waals surface area (Å²) in [6, 6.07) is 0. The minimum absolute atomic E-state index is 0.371. The normalized spacial score (nSPS) is 13.8. The van der Waals surface area contributed by atoms with Gasteiger partial charge in [-0.25, -0.2) is 4.79 Å². The molecule has 0 spiro atoms. The maximum atomic E-state index is 11.8. The molecular formula is C8H14F3NO2. The first-order valence-corrected chi connectivity index (χ1v) is 4.43. The third-order valence-electron chi connectivity index (χ3n) is 1.46. The fourth-order valence-corrected chi connectivity index (χ4v) is 0.889. The van der Waals surface area contributed by atoms with Crippen LogP contribution < -0.4 is 5.32 Å². The van der Waals surface area contributed by atoms with Gasteiger partial charge in [-0.05, 0) is 13.0 Å². The standard InChI is InChI=1S/C8H14F3NO2/c1-3-5-6(12-4-2)14-7(13)8(9,10)11/h6,12H,3-5H2,1-2H3. The Balaban J connectivity index is 4.08. The van der Waals surface area contributed by atoms with Crippen LogP contribution in [0.3, 0.4) is 0 Å². The van der Waals surface area contributed by atoms with Crippen LogP contribution in [0.25, 0.3) is 0 Å². The fourth-order valence-electron chi connectivity index (χ4n) is 0.889. The van der Waals surface area contributed by atoms with Crippen molar-refractivity contribution in [3.63, 3.8) is 0 Å². The van der Waals surface area contributed by atoms with Gasteiger partial charge in [0.15, 0.2) is 6.23 Å². The van der Waals surface area contributed by atoms with Crippen molar-refractivity contribution in [2.75, 3.05) is 6.54 Å². The van der Waals surface area contributed by atoms with Gasteiger partial charge in [-0.15, -0.1) is 0 Å². The number of esters is 1. The van der Waals surface area contributed by atoms with Crippen molar-refractivity contribution in [1.82, 2.24) is 5.32 Å². The molecule has 0 rings (SSSR count).